The van der Waals surface area contributed by atoms with Crippen LogP contribution in [-0.4, -0.2) is 16.6 Å². The molecule has 0 spiro atoms. The van der Waals surface area contributed by atoms with Gasteiger partial charge in [0.2, 0.25) is 0 Å². The zero-order valence-electron chi connectivity index (χ0n) is 9.98. The van der Waals surface area contributed by atoms with E-state index in [4.69, 9.17) is 14.9 Å². The molecule has 0 saturated carbocycles. The Kier molecular flexibility index (Phi) is 2.53. The number of ether oxygens (including phenoxy) is 1. The third kappa shape index (κ3) is 2.38. The Hall–Kier alpha value is -2.04. The number of hydrogen-bond donors (Lipinski definition) is 1. The summed E-state index contributed by atoms with van der Waals surface area (Å²) in [6.45, 7) is 5.42. The lowest BCUT2D eigenvalue weighted by Gasteiger charge is -2.19. The molecule has 0 radical (unpaired) electrons. The highest BCUT2D eigenvalue weighted by Gasteiger charge is 2.21. The topological polar surface area (TPSA) is 78.3 Å². The number of anilines is 1. The van der Waals surface area contributed by atoms with Gasteiger partial charge in [0.15, 0.2) is 5.58 Å². The molecule has 1 aromatic heterocycles. The number of nitrogens with two attached hydrogens (primary N) is 1. The second kappa shape index (κ2) is 3.76. The molecule has 5 heteroatoms. The van der Waals surface area contributed by atoms with Gasteiger partial charge in [0, 0.05) is 0 Å². The number of nitrogens with zero attached hydrogens (tertiary/aromatic N) is 1. The molecule has 0 amide bonds. The van der Waals surface area contributed by atoms with E-state index in [1.807, 2.05) is 0 Å². The van der Waals surface area contributed by atoms with Crippen LogP contribution in [0.2, 0.25) is 0 Å². The highest BCUT2D eigenvalue weighted by Crippen LogP contribution is 2.23. The molecule has 90 valence electrons. The zero-order valence-corrected chi connectivity index (χ0v) is 9.98. The summed E-state index contributed by atoms with van der Waals surface area (Å²) in [5.41, 5.74) is 6.15. The number of aromatic nitrogens is 1. The van der Waals surface area contributed by atoms with E-state index in [0.717, 1.165) is 0 Å². The van der Waals surface area contributed by atoms with Crippen LogP contribution in [-0.2, 0) is 4.74 Å². The van der Waals surface area contributed by atoms with Crippen molar-refractivity contribution < 1.29 is 13.9 Å². The van der Waals surface area contributed by atoms with Gasteiger partial charge < -0.3 is 14.9 Å². The first-order valence-corrected chi connectivity index (χ1v) is 5.25. The number of carbonyl (C=O) groups is 1. The first-order valence-electron chi connectivity index (χ1n) is 5.25. The number of carbonyl (C=O) groups excluding carboxylic acids is 1. The Bertz CT molecular complexity index is 567. The van der Waals surface area contributed by atoms with Crippen LogP contribution in [0.15, 0.2) is 22.6 Å². The van der Waals surface area contributed by atoms with Gasteiger partial charge in [-0.15, -0.1) is 0 Å². The number of esters is 1. The third-order valence-electron chi connectivity index (χ3n) is 2.05. The lowest BCUT2D eigenvalue weighted by Crippen LogP contribution is -2.23. The maximum Gasteiger partial charge on any atom is 0.342 e. The van der Waals surface area contributed by atoms with Crippen molar-refractivity contribution in [3.63, 3.8) is 0 Å². The van der Waals surface area contributed by atoms with Crippen LogP contribution < -0.4 is 5.73 Å². The number of oxazole rings is 1. The molecule has 17 heavy (non-hydrogen) atoms. The van der Waals surface area contributed by atoms with Crippen LogP contribution in [0.25, 0.3) is 11.1 Å². The van der Waals surface area contributed by atoms with Crippen LogP contribution in [0.1, 0.15) is 31.1 Å². The molecular formula is C12H14N2O3. The van der Waals surface area contributed by atoms with Gasteiger partial charge in [0.05, 0.1) is 0 Å². The second-order valence-corrected chi connectivity index (χ2v) is 4.71. The summed E-state index contributed by atoms with van der Waals surface area (Å²) in [5.74, 6) is -0.445. The molecule has 0 aliphatic rings. The Morgan fingerprint density at radius 3 is 2.76 bits per heavy atom. The lowest BCUT2D eigenvalue weighted by molar-refractivity contribution is 0.00708. The molecule has 0 aliphatic carbocycles. The number of hydrogen-bond acceptors (Lipinski definition) is 5. The van der Waals surface area contributed by atoms with Gasteiger partial charge in [-0.2, -0.15) is 4.98 Å². The predicted molar refractivity (Wildman–Crippen MR) is 63.6 cm³/mol. The summed E-state index contributed by atoms with van der Waals surface area (Å²) in [7, 11) is 0. The molecule has 1 aromatic carbocycles. The quantitative estimate of drug-likeness (QED) is 0.766. The van der Waals surface area contributed by atoms with Gasteiger partial charge in [-0.3, -0.25) is 0 Å². The fourth-order valence-electron chi connectivity index (χ4n) is 1.46. The molecule has 0 unspecified atom stereocenters. The molecule has 0 saturated heterocycles. The molecular weight excluding hydrogens is 220 g/mol. The summed E-state index contributed by atoms with van der Waals surface area (Å²) >= 11 is 0. The molecule has 1 heterocycles. The molecule has 2 rings (SSSR count). The maximum absolute atomic E-state index is 11.9. The zero-order chi connectivity index (χ0) is 12.6. The van der Waals surface area contributed by atoms with Crippen LogP contribution >= 0.6 is 0 Å². The van der Waals surface area contributed by atoms with E-state index in [-0.39, 0.29) is 6.01 Å². The summed E-state index contributed by atoms with van der Waals surface area (Å²) < 4.78 is 10.5. The Morgan fingerprint density at radius 2 is 2.12 bits per heavy atom. The molecule has 2 aromatic rings. The number of rotatable bonds is 1. The number of nitrogen functional groups attached to an aromatic ring is 1. The molecule has 5 nitrogen and oxygen atoms in total. The van der Waals surface area contributed by atoms with E-state index in [2.05, 4.69) is 4.98 Å². The van der Waals surface area contributed by atoms with E-state index in [1.165, 1.54) is 0 Å². The fourth-order valence-corrected chi connectivity index (χ4v) is 1.46. The van der Waals surface area contributed by atoms with E-state index < -0.39 is 11.6 Å². The monoisotopic (exact) mass is 234 g/mol. The van der Waals surface area contributed by atoms with E-state index >= 15 is 0 Å². The van der Waals surface area contributed by atoms with Crippen molar-refractivity contribution in [1.29, 1.82) is 0 Å². The number of benzene rings is 1. The number of fused-ring (bicyclic) bond motifs is 1. The van der Waals surface area contributed by atoms with Gasteiger partial charge in [0.1, 0.15) is 16.7 Å². The minimum atomic E-state index is -0.551. The van der Waals surface area contributed by atoms with Crippen molar-refractivity contribution in [1.82, 2.24) is 4.98 Å². The Morgan fingerprint density at radius 1 is 1.41 bits per heavy atom. The van der Waals surface area contributed by atoms with Gasteiger partial charge in [-0.05, 0) is 32.9 Å². The summed E-state index contributed by atoms with van der Waals surface area (Å²) in [6.07, 6.45) is 0. The predicted octanol–water partition coefficient (Wildman–Crippen LogP) is 2.37. The van der Waals surface area contributed by atoms with Crippen molar-refractivity contribution in [3.8, 4) is 0 Å². The fraction of sp³-hybridized carbons (Fsp3) is 0.333. The van der Waals surface area contributed by atoms with E-state index in [0.29, 0.717) is 16.7 Å². The van der Waals surface area contributed by atoms with Crippen molar-refractivity contribution in [2.24, 2.45) is 0 Å². The van der Waals surface area contributed by atoms with Crippen LogP contribution in [0.5, 0.6) is 0 Å². The van der Waals surface area contributed by atoms with Crippen LogP contribution in [0, 0.1) is 0 Å². The SMILES string of the molecule is CC(C)(C)OC(=O)c1cccc2nc(N)oc12. The average Bonchev–Trinajstić information content (AvgIpc) is 2.54. The standard InChI is InChI=1S/C12H14N2O3/c1-12(2,3)17-10(15)7-5-4-6-8-9(7)16-11(13)14-8/h4-6H,1-3H3,(H2,13,14). The summed E-state index contributed by atoms with van der Waals surface area (Å²) in [6, 6.07) is 5.10. The normalized spacial score (nSPS) is 11.7. The minimum Gasteiger partial charge on any atom is -0.456 e. The van der Waals surface area contributed by atoms with Gasteiger partial charge in [-0.25, -0.2) is 4.79 Å². The minimum absolute atomic E-state index is 0.0380. The van der Waals surface area contributed by atoms with Gasteiger partial charge >= 0.3 is 5.97 Å². The largest absolute Gasteiger partial charge is 0.456 e. The van der Waals surface area contributed by atoms with E-state index in [9.17, 15) is 4.79 Å². The third-order valence-corrected chi connectivity index (χ3v) is 2.05. The highest BCUT2D eigenvalue weighted by atomic mass is 16.6. The smallest absolute Gasteiger partial charge is 0.342 e. The summed E-state index contributed by atoms with van der Waals surface area (Å²) in [5, 5.41) is 0. The first kappa shape index (κ1) is 11.4. The average molecular weight is 234 g/mol. The second-order valence-electron chi connectivity index (χ2n) is 4.71. The maximum atomic E-state index is 11.9. The molecule has 2 N–H and O–H groups in total. The van der Waals surface area contributed by atoms with E-state index in [1.54, 1.807) is 39.0 Å². The Labute approximate surface area is 98.6 Å². The van der Waals surface area contributed by atoms with Gasteiger partial charge in [0.25, 0.3) is 6.01 Å². The Balaban J connectivity index is 2.45. The van der Waals surface area contributed by atoms with Crippen LogP contribution in [0.3, 0.4) is 0 Å². The van der Waals surface area contributed by atoms with Gasteiger partial charge in [-0.1, -0.05) is 6.07 Å². The van der Waals surface area contributed by atoms with Crippen molar-refractivity contribution in [2.75, 3.05) is 5.73 Å². The molecule has 0 fully saturated rings. The molecule has 0 aliphatic heterocycles. The van der Waals surface area contributed by atoms with Crippen molar-refractivity contribution >= 4 is 23.1 Å². The highest BCUT2D eigenvalue weighted by molar-refractivity contribution is 6.01. The summed E-state index contributed by atoms with van der Waals surface area (Å²) in [4.78, 5) is 15.9. The van der Waals surface area contributed by atoms with Crippen molar-refractivity contribution in [3.05, 3.63) is 23.8 Å². The van der Waals surface area contributed by atoms with Crippen LogP contribution in [0.4, 0.5) is 6.01 Å². The number of para-hydroxylation sites is 1. The molecule has 0 bridgehead atoms. The first-order chi connectivity index (χ1) is 7.87. The van der Waals surface area contributed by atoms with Crippen molar-refractivity contribution in [2.45, 2.75) is 26.4 Å². The lowest BCUT2D eigenvalue weighted by atomic mass is 10.1. The molecule has 0 atom stereocenters.